The minimum atomic E-state index is -1.16. The van der Waals surface area contributed by atoms with Crippen molar-refractivity contribution in [1.29, 1.82) is 0 Å². The van der Waals surface area contributed by atoms with Crippen molar-refractivity contribution in [3.8, 4) is 0 Å². The van der Waals surface area contributed by atoms with Gasteiger partial charge in [-0.15, -0.1) is 0 Å². The molecule has 14 nitrogen and oxygen atoms in total. The molecule has 26 heavy (non-hydrogen) atoms. The average molecular weight is 387 g/mol. The molecule has 3 atom stereocenters. The number of unbranched alkanes of at least 4 members (excludes halogenated alkanes) is 1. The zero-order valence-electron chi connectivity index (χ0n) is 14.4. The second kappa shape index (κ2) is 13.6. The van der Waals surface area contributed by atoms with Crippen LogP contribution in [0.2, 0.25) is 0 Å². The molecule has 0 spiro atoms. The van der Waals surface area contributed by atoms with Crippen LogP contribution in [0.4, 0.5) is 4.79 Å². The summed E-state index contributed by atoms with van der Waals surface area (Å²) < 4.78 is 14.2. The molecule has 0 radical (unpaired) electrons. The van der Waals surface area contributed by atoms with Gasteiger partial charge in [0.1, 0.15) is 18.8 Å². The maximum Gasteiger partial charge on any atom is 0.511 e. The molecule has 3 unspecified atom stereocenters. The van der Waals surface area contributed by atoms with Crippen LogP contribution in [-0.4, -0.2) is 75.4 Å². The van der Waals surface area contributed by atoms with Gasteiger partial charge in [0.25, 0.3) is 0 Å². The predicted molar refractivity (Wildman–Crippen MR) is 77.1 cm³/mol. The number of rotatable bonds is 13. The van der Waals surface area contributed by atoms with Gasteiger partial charge < -0.3 is 19.9 Å². The molecule has 0 rings (SSSR count). The Morgan fingerprint density at radius 2 is 1.69 bits per heavy atom. The van der Waals surface area contributed by atoms with E-state index in [0.717, 1.165) is 0 Å². The number of ether oxygens (including phenoxy) is 3. The van der Waals surface area contributed by atoms with Crippen molar-refractivity contribution in [2.24, 2.45) is 5.73 Å². The molecule has 6 N–H and O–H groups in total. The van der Waals surface area contributed by atoms with Gasteiger partial charge in [-0.3, -0.25) is 25.6 Å². The van der Waals surface area contributed by atoms with Crippen LogP contribution in [0.1, 0.15) is 33.1 Å². The lowest BCUT2D eigenvalue weighted by Crippen LogP contribution is -2.33. The van der Waals surface area contributed by atoms with Gasteiger partial charge >= 0.3 is 12.1 Å². The molecule has 0 aromatic carbocycles. The molecule has 0 saturated heterocycles. The van der Waals surface area contributed by atoms with Crippen molar-refractivity contribution >= 4 is 12.1 Å². The highest BCUT2D eigenvalue weighted by molar-refractivity contribution is 5.75. The Bertz CT molecular complexity index is 408. The summed E-state index contributed by atoms with van der Waals surface area (Å²) in [5, 5.41) is 32.9. The van der Waals surface area contributed by atoms with Gasteiger partial charge in [-0.05, 0) is 26.2 Å². The van der Waals surface area contributed by atoms with E-state index in [2.05, 4.69) is 14.4 Å². The maximum absolute atomic E-state index is 11.4. The van der Waals surface area contributed by atoms with E-state index in [9.17, 15) is 9.59 Å². The predicted octanol–water partition coefficient (Wildman–Crippen LogP) is -0.0611. The Balaban J connectivity index is 3.93. The number of nitrogens with zero attached hydrogens (tertiary/aromatic N) is 2. The van der Waals surface area contributed by atoms with Gasteiger partial charge in [-0.25, -0.2) is 14.5 Å². The minimum Gasteiger partial charge on any atom is -0.434 e. The van der Waals surface area contributed by atoms with Crippen molar-refractivity contribution in [1.82, 2.24) is 10.8 Å². The van der Waals surface area contributed by atoms with Crippen molar-refractivity contribution in [2.45, 2.75) is 51.5 Å². The van der Waals surface area contributed by atoms with Crippen LogP contribution in [0.25, 0.3) is 0 Å². The molecular formula is C12H25N3O11. The lowest BCUT2D eigenvalue weighted by molar-refractivity contribution is -0.527. The van der Waals surface area contributed by atoms with E-state index in [4.69, 9.17) is 36.0 Å². The van der Waals surface area contributed by atoms with Crippen LogP contribution >= 0.6 is 0 Å². The van der Waals surface area contributed by atoms with Crippen molar-refractivity contribution in [2.75, 3.05) is 13.2 Å². The lowest BCUT2D eigenvalue weighted by atomic mass is 10.2. The third-order valence-electron chi connectivity index (χ3n) is 2.68. The van der Waals surface area contributed by atoms with Gasteiger partial charge in [-0.1, -0.05) is 0 Å². The zero-order valence-corrected chi connectivity index (χ0v) is 14.4. The molecule has 0 saturated carbocycles. The van der Waals surface area contributed by atoms with Gasteiger partial charge in [0.2, 0.25) is 6.29 Å². The van der Waals surface area contributed by atoms with E-state index in [1.165, 1.54) is 13.8 Å². The van der Waals surface area contributed by atoms with E-state index in [-0.39, 0.29) is 13.0 Å². The first-order chi connectivity index (χ1) is 12.1. The van der Waals surface area contributed by atoms with Gasteiger partial charge in [0, 0.05) is 6.92 Å². The number of nitrogens with two attached hydrogens (primary N) is 1. The molecule has 0 heterocycles. The normalized spacial score (nSPS) is 14.8. The molecule has 0 aromatic heterocycles. The second-order valence-electron chi connectivity index (χ2n) is 5.03. The van der Waals surface area contributed by atoms with Crippen molar-refractivity contribution in [3.05, 3.63) is 0 Å². The summed E-state index contributed by atoms with van der Waals surface area (Å²) in [6, 6.07) is -0.853. The summed E-state index contributed by atoms with van der Waals surface area (Å²) in [6.07, 6.45) is -2.18. The highest BCUT2D eigenvalue weighted by Crippen LogP contribution is 2.08. The van der Waals surface area contributed by atoms with E-state index >= 15 is 0 Å². The van der Waals surface area contributed by atoms with Gasteiger partial charge in [0.05, 0.1) is 17.4 Å². The van der Waals surface area contributed by atoms with Crippen LogP contribution in [0.15, 0.2) is 0 Å². The zero-order chi connectivity index (χ0) is 20.1. The van der Waals surface area contributed by atoms with Crippen LogP contribution in [0.3, 0.4) is 0 Å². The third kappa shape index (κ3) is 13.6. The SMILES string of the molecule is CC(OC(=O)OCCCCC(CON(O)O)ON(O)O)OC(=O)C(C)N. The first-order valence-electron chi connectivity index (χ1n) is 7.56. The molecule has 154 valence electrons. The first-order valence-corrected chi connectivity index (χ1v) is 7.56. The largest absolute Gasteiger partial charge is 0.511 e. The van der Waals surface area contributed by atoms with Crippen LogP contribution < -0.4 is 5.73 Å². The Hall–Kier alpha value is -1.62. The van der Waals surface area contributed by atoms with Crippen molar-refractivity contribution in [3.63, 3.8) is 0 Å². The molecule has 0 fully saturated rings. The minimum absolute atomic E-state index is 0.0333. The number of esters is 1. The van der Waals surface area contributed by atoms with E-state index < -0.39 is 47.9 Å². The summed E-state index contributed by atoms with van der Waals surface area (Å²) in [5.74, 6) is -0.732. The molecular weight excluding hydrogens is 362 g/mol. The summed E-state index contributed by atoms with van der Waals surface area (Å²) in [5.41, 5.74) is 5.29. The summed E-state index contributed by atoms with van der Waals surface area (Å²) in [7, 11) is 0. The number of carbonyl (C=O) groups excluding carboxylic acids is 2. The summed E-state index contributed by atoms with van der Waals surface area (Å²) >= 11 is 0. The molecule has 0 aliphatic carbocycles. The fourth-order valence-electron chi connectivity index (χ4n) is 1.54. The standard InChI is InChI=1S/C12H25N3O11/c1-8(13)11(16)24-9(2)25-12(17)22-6-4-3-5-10(26-15(20)21)7-23-14(18)19/h8-10,18-21H,3-7,13H2,1-2H3. The fraction of sp³-hybridized carbons (Fsp3) is 0.833. The average Bonchev–Trinajstić information content (AvgIpc) is 2.50. The van der Waals surface area contributed by atoms with Crippen LogP contribution in [-0.2, 0) is 28.7 Å². The Kier molecular flexibility index (Phi) is 12.7. The Morgan fingerprint density at radius 3 is 2.23 bits per heavy atom. The highest BCUT2D eigenvalue weighted by atomic mass is 17.1. The Morgan fingerprint density at radius 1 is 1.04 bits per heavy atom. The Labute approximate surface area is 148 Å². The first kappa shape index (κ1) is 24.4. The molecule has 0 aromatic rings. The quantitative estimate of drug-likeness (QED) is 0.122. The smallest absolute Gasteiger partial charge is 0.434 e. The number of hydrogen-bond donors (Lipinski definition) is 5. The molecule has 0 bridgehead atoms. The van der Waals surface area contributed by atoms with E-state index in [0.29, 0.717) is 12.8 Å². The molecule has 0 aliphatic rings. The third-order valence-corrected chi connectivity index (χ3v) is 2.68. The topological polar surface area (TPSA) is 194 Å². The molecule has 0 amide bonds. The molecule has 14 heteroatoms. The second-order valence-corrected chi connectivity index (χ2v) is 5.03. The van der Waals surface area contributed by atoms with Gasteiger partial charge in [-0.2, -0.15) is 0 Å². The summed E-state index contributed by atoms with van der Waals surface area (Å²) in [6.45, 7) is 2.32. The highest BCUT2D eigenvalue weighted by Gasteiger charge is 2.18. The van der Waals surface area contributed by atoms with Crippen LogP contribution in [0, 0.1) is 0 Å². The summed E-state index contributed by atoms with van der Waals surface area (Å²) in [4.78, 5) is 31.4. The van der Waals surface area contributed by atoms with E-state index in [1.807, 2.05) is 0 Å². The monoisotopic (exact) mass is 387 g/mol. The number of carbonyl (C=O) groups is 2. The number of hydrogen-bond acceptors (Lipinski definition) is 14. The van der Waals surface area contributed by atoms with Gasteiger partial charge in [0.15, 0.2) is 0 Å². The lowest BCUT2D eigenvalue weighted by Gasteiger charge is -2.19. The maximum atomic E-state index is 11.4. The molecule has 0 aliphatic heterocycles. The fourth-order valence-corrected chi connectivity index (χ4v) is 1.54. The van der Waals surface area contributed by atoms with Crippen LogP contribution in [0.5, 0.6) is 0 Å². The van der Waals surface area contributed by atoms with E-state index in [1.54, 1.807) is 0 Å². The van der Waals surface area contributed by atoms with Crippen molar-refractivity contribution < 1.29 is 54.3 Å².